The zero-order valence-electron chi connectivity index (χ0n) is 12.5. The Labute approximate surface area is 172 Å². The van der Waals surface area contributed by atoms with Crippen molar-refractivity contribution in [3.05, 3.63) is 23.8 Å². The average Bonchev–Trinajstić information content (AvgIpc) is 2.94. The Balaban J connectivity index is 2.29. The number of alkyl halides is 3. The number of benzene rings is 1. The highest BCUT2D eigenvalue weighted by Crippen LogP contribution is 2.44. The Morgan fingerprint density at radius 3 is 2.56 bits per heavy atom. The van der Waals surface area contributed by atoms with Crippen molar-refractivity contribution in [2.45, 2.75) is 12.7 Å². The van der Waals surface area contributed by atoms with E-state index < -0.39 is 29.1 Å². The van der Waals surface area contributed by atoms with Gasteiger partial charge in [-0.3, -0.25) is 9.59 Å². The molecule has 0 fully saturated rings. The number of carboxylic acid groups (broad SMARTS) is 1. The van der Waals surface area contributed by atoms with E-state index in [9.17, 15) is 18.0 Å². The van der Waals surface area contributed by atoms with Crippen LogP contribution in [0.4, 0.5) is 0 Å². The predicted octanol–water partition coefficient (Wildman–Crippen LogP) is 3.32. The summed E-state index contributed by atoms with van der Waals surface area (Å²) in [6.07, 6.45) is 0. The molecule has 0 spiro atoms. The third-order valence-electron chi connectivity index (χ3n) is 3.16. The molecule has 1 unspecified atom stereocenters. The lowest BCUT2D eigenvalue weighted by Crippen LogP contribution is -2.31. The van der Waals surface area contributed by atoms with Crippen LogP contribution in [0.25, 0.3) is 10.2 Å². The van der Waals surface area contributed by atoms with E-state index in [0.717, 1.165) is 11.3 Å². The quantitative estimate of drug-likeness (QED) is 0.526. The number of nitrogens with one attached hydrogen (secondary N) is 1. The highest BCUT2D eigenvalue weighted by molar-refractivity contribution is 9.42. The summed E-state index contributed by atoms with van der Waals surface area (Å²) in [6.45, 7) is 1.47. The van der Waals surface area contributed by atoms with E-state index in [2.05, 4.69) is 58.1 Å². The Bertz CT molecular complexity index is 937. The van der Waals surface area contributed by atoms with Gasteiger partial charge in [-0.05, 0) is 66.0 Å². The normalized spacial score (nSPS) is 13.6. The molecule has 25 heavy (non-hydrogen) atoms. The number of amides is 1. The van der Waals surface area contributed by atoms with E-state index in [4.69, 9.17) is 5.11 Å². The molecule has 1 heterocycles. The lowest BCUT2D eigenvalue weighted by atomic mass is 10.1. The van der Waals surface area contributed by atoms with E-state index in [-0.39, 0.29) is 16.4 Å². The van der Waals surface area contributed by atoms with Gasteiger partial charge in [0.1, 0.15) is 0 Å². The summed E-state index contributed by atoms with van der Waals surface area (Å²) in [5, 5.41) is 11.3. The highest BCUT2D eigenvalue weighted by atomic mass is 80.0. The standard InChI is InChI=1S/C13H11Br3N2O5S2/c1-6(11(20)21)5-17-10(19)7-2-3-9-8(4-7)18-12(24-9)25(22,23)13(14,15)16/h2-4,6H,5H2,1H3,(H,17,19)(H,20,21). The summed E-state index contributed by atoms with van der Waals surface area (Å²) in [7, 11) is -3.81. The monoisotopic (exact) mass is 576 g/mol. The molecule has 1 aromatic heterocycles. The van der Waals surface area contributed by atoms with Gasteiger partial charge in [-0.1, -0.05) is 6.92 Å². The zero-order valence-corrected chi connectivity index (χ0v) is 18.9. The fraction of sp³-hybridized carbons (Fsp3) is 0.308. The van der Waals surface area contributed by atoms with Crippen LogP contribution in [0.3, 0.4) is 0 Å². The number of hydrogen-bond acceptors (Lipinski definition) is 6. The van der Waals surface area contributed by atoms with Crippen molar-refractivity contribution in [2.75, 3.05) is 6.54 Å². The largest absolute Gasteiger partial charge is 0.481 e. The molecule has 2 N–H and O–H groups in total. The van der Waals surface area contributed by atoms with Crippen molar-refractivity contribution in [3.8, 4) is 0 Å². The summed E-state index contributed by atoms with van der Waals surface area (Å²) in [4.78, 5) is 27.0. The number of carbonyl (C=O) groups excluding carboxylic acids is 1. The molecule has 136 valence electrons. The zero-order chi connectivity index (χ0) is 19.0. The van der Waals surface area contributed by atoms with Crippen LogP contribution < -0.4 is 5.32 Å². The molecule has 0 radical (unpaired) electrons. The van der Waals surface area contributed by atoms with E-state index >= 15 is 0 Å². The second kappa shape index (κ2) is 7.59. The van der Waals surface area contributed by atoms with Crippen molar-refractivity contribution in [3.63, 3.8) is 0 Å². The molecule has 0 aliphatic rings. The minimum absolute atomic E-state index is 0.0117. The maximum Gasteiger partial charge on any atom is 0.308 e. The number of halogens is 3. The van der Waals surface area contributed by atoms with Gasteiger partial charge < -0.3 is 10.4 Å². The average molecular weight is 579 g/mol. The lowest BCUT2D eigenvalue weighted by Gasteiger charge is -2.09. The fourth-order valence-electron chi connectivity index (χ4n) is 1.70. The van der Waals surface area contributed by atoms with Crippen molar-refractivity contribution in [1.29, 1.82) is 0 Å². The topological polar surface area (TPSA) is 113 Å². The maximum absolute atomic E-state index is 12.4. The fourth-order valence-corrected chi connectivity index (χ4v) is 6.22. The number of carbonyl (C=O) groups is 2. The minimum Gasteiger partial charge on any atom is -0.481 e. The van der Waals surface area contributed by atoms with Crippen LogP contribution in [0.2, 0.25) is 0 Å². The maximum atomic E-state index is 12.4. The number of carboxylic acids is 1. The summed E-state index contributed by atoms with van der Waals surface area (Å²) in [5.74, 6) is -2.18. The first-order valence-electron chi connectivity index (χ1n) is 6.66. The first kappa shape index (κ1) is 20.7. The third-order valence-corrected chi connectivity index (χ3v) is 9.89. The Hall–Kier alpha value is -0.560. The van der Waals surface area contributed by atoms with Crippen molar-refractivity contribution in [1.82, 2.24) is 10.3 Å². The van der Waals surface area contributed by atoms with Gasteiger partial charge in [-0.2, -0.15) is 0 Å². The van der Waals surface area contributed by atoms with Gasteiger partial charge in [0.15, 0.2) is 0 Å². The van der Waals surface area contributed by atoms with Crippen LogP contribution in [0.1, 0.15) is 17.3 Å². The molecule has 1 amide bonds. The summed E-state index contributed by atoms with van der Waals surface area (Å²) < 4.78 is 23.7. The molecule has 0 saturated heterocycles. The van der Waals surface area contributed by atoms with E-state index in [1.807, 2.05) is 0 Å². The van der Waals surface area contributed by atoms with Gasteiger partial charge in [-0.25, -0.2) is 13.4 Å². The van der Waals surface area contributed by atoms with Crippen molar-refractivity contribution < 1.29 is 23.1 Å². The van der Waals surface area contributed by atoms with Crippen molar-refractivity contribution in [2.24, 2.45) is 5.92 Å². The van der Waals surface area contributed by atoms with E-state index in [1.54, 1.807) is 6.07 Å². The number of fused-ring (bicyclic) bond motifs is 1. The molecular weight excluding hydrogens is 568 g/mol. The second-order valence-electron chi connectivity index (χ2n) is 5.06. The third kappa shape index (κ3) is 4.59. The summed E-state index contributed by atoms with van der Waals surface area (Å²) in [6, 6.07) is 4.59. The number of aromatic nitrogens is 1. The number of thiazole rings is 1. The molecule has 0 saturated carbocycles. The summed E-state index contributed by atoms with van der Waals surface area (Å²) >= 11 is 9.91. The summed E-state index contributed by atoms with van der Waals surface area (Å²) in [5.41, 5.74) is 0.626. The predicted molar refractivity (Wildman–Crippen MR) is 105 cm³/mol. The molecule has 0 aliphatic carbocycles. The van der Waals surface area contributed by atoms with E-state index in [1.165, 1.54) is 19.1 Å². The van der Waals surface area contributed by atoms with Crippen LogP contribution in [0.5, 0.6) is 0 Å². The number of nitrogens with zero attached hydrogens (tertiary/aromatic N) is 1. The molecule has 0 bridgehead atoms. The highest BCUT2D eigenvalue weighted by Gasteiger charge is 2.40. The van der Waals surface area contributed by atoms with Crippen LogP contribution in [0, 0.1) is 5.92 Å². The first-order valence-corrected chi connectivity index (χ1v) is 11.3. The molecular formula is C13H11Br3N2O5S2. The van der Waals surface area contributed by atoms with Crippen LogP contribution >= 0.6 is 59.1 Å². The van der Waals surface area contributed by atoms with Gasteiger partial charge in [0, 0.05) is 12.1 Å². The molecule has 2 rings (SSSR count). The van der Waals surface area contributed by atoms with Gasteiger partial charge >= 0.3 is 5.97 Å². The van der Waals surface area contributed by atoms with E-state index in [0.29, 0.717) is 10.2 Å². The Kier molecular flexibility index (Phi) is 6.30. The Morgan fingerprint density at radius 2 is 2.00 bits per heavy atom. The van der Waals surface area contributed by atoms with Crippen LogP contribution in [0.15, 0.2) is 22.5 Å². The number of sulfone groups is 1. The Morgan fingerprint density at radius 1 is 1.36 bits per heavy atom. The molecule has 1 aromatic carbocycles. The van der Waals surface area contributed by atoms with Crippen LogP contribution in [-0.2, 0) is 14.6 Å². The first-order chi connectivity index (χ1) is 11.4. The SMILES string of the molecule is CC(CNC(=O)c1ccc2sc(S(=O)(=O)C(Br)(Br)Br)nc2c1)C(=O)O. The molecule has 7 nitrogen and oxygen atoms in total. The number of rotatable bonds is 5. The number of hydrogen-bond donors (Lipinski definition) is 2. The number of aliphatic carboxylic acids is 1. The second-order valence-corrected chi connectivity index (χ2v) is 16.7. The molecule has 12 heteroatoms. The molecule has 0 aliphatic heterocycles. The van der Waals surface area contributed by atoms with Gasteiger partial charge in [0.05, 0.1) is 16.1 Å². The van der Waals surface area contributed by atoms with Gasteiger partial charge in [-0.15, -0.1) is 11.3 Å². The molecule has 1 atom stereocenters. The van der Waals surface area contributed by atoms with Gasteiger partial charge in [0.25, 0.3) is 5.91 Å². The smallest absolute Gasteiger partial charge is 0.308 e. The lowest BCUT2D eigenvalue weighted by molar-refractivity contribution is -0.140. The van der Waals surface area contributed by atoms with Gasteiger partial charge in [0.2, 0.25) is 15.7 Å². The van der Waals surface area contributed by atoms with Crippen LogP contribution in [-0.4, -0.2) is 38.4 Å². The van der Waals surface area contributed by atoms with Crippen molar-refractivity contribution >= 4 is 91.1 Å². The molecule has 2 aromatic rings. The minimum atomic E-state index is -3.81.